The van der Waals surface area contributed by atoms with Gasteiger partial charge in [0.25, 0.3) is 0 Å². The van der Waals surface area contributed by atoms with Crippen molar-refractivity contribution in [2.45, 2.75) is 50.2 Å². The number of piperidine rings is 1. The van der Waals surface area contributed by atoms with Crippen LogP contribution in [0.3, 0.4) is 0 Å². The Balaban J connectivity index is 1.57. The molecule has 0 bridgehead atoms. The van der Waals surface area contributed by atoms with Gasteiger partial charge in [0.2, 0.25) is 0 Å². The van der Waals surface area contributed by atoms with E-state index in [1.807, 2.05) is 10.8 Å². The molecule has 1 aromatic heterocycles. The van der Waals surface area contributed by atoms with Crippen LogP contribution >= 0.6 is 0 Å². The van der Waals surface area contributed by atoms with Gasteiger partial charge in [-0.25, -0.2) is 4.79 Å². The van der Waals surface area contributed by atoms with Crippen molar-refractivity contribution in [2.75, 3.05) is 19.6 Å². The van der Waals surface area contributed by atoms with Crippen molar-refractivity contribution < 1.29 is 15.0 Å². The number of β-amino-alcohol motifs (C(OH)–C–C–N with tert-alkyl or cyclic N) is 1. The van der Waals surface area contributed by atoms with Gasteiger partial charge in [-0.3, -0.25) is 0 Å². The first kappa shape index (κ1) is 14.6. The molecule has 0 amide bonds. The summed E-state index contributed by atoms with van der Waals surface area (Å²) in [5, 5.41) is 19.7. The molecule has 0 radical (unpaired) electrons. The summed E-state index contributed by atoms with van der Waals surface area (Å²) in [7, 11) is 0. The maximum Gasteiger partial charge on any atom is 0.352 e. The van der Waals surface area contributed by atoms with Crippen LogP contribution in [0.15, 0.2) is 18.3 Å². The van der Waals surface area contributed by atoms with Crippen LogP contribution in [-0.4, -0.2) is 50.9 Å². The van der Waals surface area contributed by atoms with Gasteiger partial charge in [0.05, 0.1) is 5.60 Å². The normalized spacial score (nSPS) is 23.5. The molecule has 116 valence electrons. The summed E-state index contributed by atoms with van der Waals surface area (Å²) in [6.45, 7) is 2.64. The van der Waals surface area contributed by atoms with Crippen molar-refractivity contribution in [1.29, 1.82) is 0 Å². The number of hydrogen-bond acceptors (Lipinski definition) is 3. The number of likely N-dealkylation sites (tertiary alicyclic amines) is 1. The Bertz CT molecular complexity index is 497. The van der Waals surface area contributed by atoms with Gasteiger partial charge in [-0.2, -0.15) is 0 Å². The quantitative estimate of drug-likeness (QED) is 0.892. The van der Waals surface area contributed by atoms with Crippen molar-refractivity contribution >= 4 is 5.97 Å². The lowest BCUT2D eigenvalue weighted by Gasteiger charge is -2.37. The van der Waals surface area contributed by atoms with Crippen LogP contribution in [0, 0.1) is 0 Å². The Labute approximate surface area is 125 Å². The third kappa shape index (κ3) is 3.14. The second-order valence-corrected chi connectivity index (χ2v) is 6.54. The summed E-state index contributed by atoms with van der Waals surface area (Å²) in [5.41, 5.74) is -0.102. The molecule has 1 aromatic rings. The fraction of sp³-hybridized carbons (Fsp3) is 0.688. The third-order valence-corrected chi connectivity index (χ3v) is 5.00. The molecule has 0 spiro atoms. The van der Waals surface area contributed by atoms with Gasteiger partial charge in [-0.05, 0) is 37.8 Å². The van der Waals surface area contributed by atoms with Gasteiger partial charge in [0.15, 0.2) is 0 Å². The van der Waals surface area contributed by atoms with Crippen LogP contribution < -0.4 is 0 Å². The smallest absolute Gasteiger partial charge is 0.352 e. The number of nitrogens with zero attached hydrogens (tertiary/aromatic N) is 2. The summed E-state index contributed by atoms with van der Waals surface area (Å²) < 4.78 is 1.89. The van der Waals surface area contributed by atoms with Crippen molar-refractivity contribution in [1.82, 2.24) is 9.47 Å². The van der Waals surface area contributed by atoms with E-state index in [4.69, 9.17) is 0 Å². The topological polar surface area (TPSA) is 65.7 Å². The van der Waals surface area contributed by atoms with Gasteiger partial charge in [0.1, 0.15) is 5.69 Å². The molecule has 2 N–H and O–H groups in total. The number of carbonyl (C=O) groups is 1. The number of aromatic carboxylic acids is 1. The zero-order chi connectivity index (χ0) is 14.9. The summed E-state index contributed by atoms with van der Waals surface area (Å²) in [6, 6.07) is 3.73. The molecule has 0 atom stereocenters. The Morgan fingerprint density at radius 1 is 1.29 bits per heavy atom. The zero-order valence-corrected chi connectivity index (χ0v) is 12.4. The van der Waals surface area contributed by atoms with Crippen LogP contribution in [0.5, 0.6) is 0 Å². The number of rotatable bonds is 4. The van der Waals surface area contributed by atoms with E-state index in [1.54, 1.807) is 12.1 Å². The van der Waals surface area contributed by atoms with Crippen LogP contribution in [0.25, 0.3) is 0 Å². The minimum absolute atomic E-state index is 0.264. The second kappa shape index (κ2) is 5.81. The SMILES string of the molecule is O=C(O)c1cccn1C1CCN(CC2(O)CCCC2)CC1. The predicted octanol–water partition coefficient (Wildman–Crippen LogP) is 2.13. The standard InChI is InChI=1S/C16H24N2O3/c19-15(20)14-4-3-9-18(14)13-5-10-17(11-6-13)12-16(21)7-1-2-8-16/h3-4,9,13,21H,1-2,5-8,10-12H2,(H,19,20). The lowest BCUT2D eigenvalue weighted by atomic mass is 9.98. The van der Waals surface area contributed by atoms with Crippen molar-refractivity contribution in [2.24, 2.45) is 0 Å². The molecular weight excluding hydrogens is 268 g/mol. The van der Waals surface area contributed by atoms with E-state index in [-0.39, 0.29) is 6.04 Å². The lowest BCUT2D eigenvalue weighted by molar-refractivity contribution is 0.000705. The van der Waals surface area contributed by atoms with Gasteiger partial charge in [0, 0.05) is 31.9 Å². The van der Waals surface area contributed by atoms with Gasteiger partial charge in [-0.1, -0.05) is 12.8 Å². The molecule has 0 unspecified atom stereocenters. The molecule has 5 nitrogen and oxygen atoms in total. The number of carboxylic acids is 1. The van der Waals surface area contributed by atoms with E-state index < -0.39 is 11.6 Å². The maximum atomic E-state index is 11.2. The van der Waals surface area contributed by atoms with Gasteiger partial charge < -0.3 is 19.7 Å². The first-order valence-corrected chi connectivity index (χ1v) is 7.92. The molecule has 1 saturated carbocycles. The Kier molecular flexibility index (Phi) is 4.04. The Morgan fingerprint density at radius 3 is 2.57 bits per heavy atom. The zero-order valence-electron chi connectivity index (χ0n) is 12.4. The molecule has 2 heterocycles. The number of carboxylic acid groups (broad SMARTS) is 1. The van der Waals surface area contributed by atoms with E-state index in [2.05, 4.69) is 4.90 Å². The Morgan fingerprint density at radius 2 is 1.95 bits per heavy atom. The monoisotopic (exact) mass is 292 g/mol. The minimum Gasteiger partial charge on any atom is -0.477 e. The molecule has 1 saturated heterocycles. The Hall–Kier alpha value is -1.33. The highest BCUT2D eigenvalue weighted by Crippen LogP contribution is 2.32. The first-order valence-electron chi connectivity index (χ1n) is 7.92. The molecule has 1 aliphatic heterocycles. The highest BCUT2D eigenvalue weighted by Gasteiger charge is 2.34. The van der Waals surface area contributed by atoms with E-state index in [9.17, 15) is 15.0 Å². The van der Waals surface area contributed by atoms with Gasteiger partial charge >= 0.3 is 5.97 Å². The van der Waals surface area contributed by atoms with Crippen molar-refractivity contribution in [3.8, 4) is 0 Å². The van der Waals surface area contributed by atoms with Crippen LogP contribution in [-0.2, 0) is 0 Å². The molecular formula is C16H24N2O3. The number of hydrogen-bond donors (Lipinski definition) is 2. The number of aliphatic hydroxyl groups is 1. The van der Waals surface area contributed by atoms with E-state index in [0.717, 1.165) is 58.2 Å². The maximum absolute atomic E-state index is 11.2. The van der Waals surface area contributed by atoms with Crippen molar-refractivity contribution in [3.63, 3.8) is 0 Å². The first-order chi connectivity index (χ1) is 10.1. The molecule has 1 aliphatic carbocycles. The average Bonchev–Trinajstić information content (AvgIpc) is 3.09. The third-order valence-electron chi connectivity index (χ3n) is 5.00. The number of aromatic nitrogens is 1. The summed E-state index contributed by atoms with van der Waals surface area (Å²) in [4.78, 5) is 13.5. The molecule has 5 heteroatoms. The molecule has 21 heavy (non-hydrogen) atoms. The summed E-state index contributed by atoms with van der Waals surface area (Å²) >= 11 is 0. The molecule has 2 fully saturated rings. The predicted molar refractivity (Wildman–Crippen MR) is 79.5 cm³/mol. The average molecular weight is 292 g/mol. The lowest BCUT2D eigenvalue weighted by Crippen LogP contribution is -2.45. The van der Waals surface area contributed by atoms with E-state index >= 15 is 0 Å². The van der Waals surface area contributed by atoms with Crippen molar-refractivity contribution in [3.05, 3.63) is 24.0 Å². The fourth-order valence-electron chi connectivity index (χ4n) is 3.86. The minimum atomic E-state index is -0.859. The molecule has 3 rings (SSSR count). The summed E-state index contributed by atoms with van der Waals surface area (Å²) in [6.07, 6.45) is 7.89. The van der Waals surface area contributed by atoms with E-state index in [0.29, 0.717) is 5.69 Å². The largest absolute Gasteiger partial charge is 0.477 e. The van der Waals surface area contributed by atoms with Crippen LogP contribution in [0.1, 0.15) is 55.1 Å². The van der Waals surface area contributed by atoms with Crippen LogP contribution in [0.4, 0.5) is 0 Å². The summed E-state index contributed by atoms with van der Waals surface area (Å²) in [5.74, 6) is -0.859. The van der Waals surface area contributed by atoms with E-state index in [1.165, 1.54) is 0 Å². The van der Waals surface area contributed by atoms with Gasteiger partial charge in [-0.15, -0.1) is 0 Å². The molecule has 0 aromatic carbocycles. The van der Waals surface area contributed by atoms with Crippen LogP contribution in [0.2, 0.25) is 0 Å². The molecule has 2 aliphatic rings. The highest BCUT2D eigenvalue weighted by molar-refractivity contribution is 5.85. The fourth-order valence-corrected chi connectivity index (χ4v) is 3.86. The second-order valence-electron chi connectivity index (χ2n) is 6.54. The highest BCUT2D eigenvalue weighted by atomic mass is 16.4.